The van der Waals surface area contributed by atoms with Gasteiger partial charge < -0.3 is 20.1 Å². The van der Waals surface area contributed by atoms with E-state index in [1.165, 1.54) is 13.2 Å². The number of ether oxygens (including phenoxy) is 2. The van der Waals surface area contributed by atoms with E-state index in [0.29, 0.717) is 22.0 Å². The van der Waals surface area contributed by atoms with Crippen LogP contribution in [0.5, 0.6) is 5.75 Å². The molecular formula is C23H20Cl2N2O5S. The van der Waals surface area contributed by atoms with Crippen molar-refractivity contribution in [1.82, 2.24) is 5.32 Å². The Balaban J connectivity index is 1.74. The van der Waals surface area contributed by atoms with E-state index in [-0.39, 0.29) is 33.9 Å². The molecule has 0 aliphatic rings. The second-order valence-corrected chi connectivity index (χ2v) is 8.70. The van der Waals surface area contributed by atoms with Crippen molar-refractivity contribution in [1.29, 1.82) is 0 Å². The number of methoxy groups -OCH3 is 1. The number of esters is 1. The predicted molar refractivity (Wildman–Crippen MR) is 129 cm³/mol. The molecule has 33 heavy (non-hydrogen) atoms. The SMILES string of the molecule is COC(=O)c1c(NC(=O)COc2ccc(Cl)cc2Cl)sc(C(=O)NCc2ccccc2)c1C. The van der Waals surface area contributed by atoms with Gasteiger partial charge in [0.25, 0.3) is 11.8 Å². The van der Waals surface area contributed by atoms with Gasteiger partial charge in [0.2, 0.25) is 0 Å². The number of hydrogen-bond donors (Lipinski definition) is 2. The molecule has 0 saturated heterocycles. The average molecular weight is 507 g/mol. The monoisotopic (exact) mass is 506 g/mol. The number of amides is 2. The second kappa shape index (κ2) is 11.2. The fourth-order valence-electron chi connectivity index (χ4n) is 2.92. The first-order chi connectivity index (χ1) is 15.8. The third kappa shape index (κ3) is 6.25. The van der Waals surface area contributed by atoms with Gasteiger partial charge in [0.1, 0.15) is 10.8 Å². The molecule has 2 amide bonds. The summed E-state index contributed by atoms with van der Waals surface area (Å²) in [5.41, 5.74) is 1.46. The Morgan fingerprint density at radius 3 is 2.45 bits per heavy atom. The summed E-state index contributed by atoms with van der Waals surface area (Å²) in [5.74, 6) is -1.28. The lowest BCUT2D eigenvalue weighted by molar-refractivity contribution is -0.118. The van der Waals surface area contributed by atoms with Gasteiger partial charge >= 0.3 is 5.97 Å². The van der Waals surface area contributed by atoms with Gasteiger partial charge in [-0.1, -0.05) is 53.5 Å². The van der Waals surface area contributed by atoms with E-state index in [1.807, 2.05) is 30.3 Å². The summed E-state index contributed by atoms with van der Waals surface area (Å²) in [5, 5.41) is 6.33. The van der Waals surface area contributed by atoms with E-state index < -0.39 is 11.9 Å². The van der Waals surface area contributed by atoms with Crippen LogP contribution in [0.2, 0.25) is 10.0 Å². The van der Waals surface area contributed by atoms with Gasteiger partial charge in [-0.2, -0.15) is 0 Å². The van der Waals surface area contributed by atoms with E-state index in [9.17, 15) is 14.4 Å². The maximum absolute atomic E-state index is 12.8. The standard InChI is InChI=1S/C23H20Cl2N2O5S/c1-13-19(23(30)31-2)22(27-18(28)12-32-17-9-8-15(24)10-16(17)25)33-20(13)21(29)26-11-14-6-4-3-5-7-14/h3-10H,11-12H2,1-2H3,(H,26,29)(H,27,28). The van der Waals surface area contributed by atoms with E-state index in [2.05, 4.69) is 10.6 Å². The number of carbonyl (C=O) groups is 3. The molecule has 0 aliphatic heterocycles. The molecule has 0 atom stereocenters. The van der Waals surface area contributed by atoms with Crippen LogP contribution in [0.15, 0.2) is 48.5 Å². The Morgan fingerprint density at radius 1 is 1.06 bits per heavy atom. The molecule has 0 bridgehead atoms. The van der Waals surface area contributed by atoms with Crippen molar-refractivity contribution in [2.24, 2.45) is 0 Å². The van der Waals surface area contributed by atoms with Gasteiger partial charge in [0.05, 0.1) is 22.6 Å². The Kier molecular flexibility index (Phi) is 8.32. The minimum Gasteiger partial charge on any atom is -0.482 e. The third-order valence-corrected chi connectivity index (χ3v) is 6.28. The number of thiophene rings is 1. The fraction of sp³-hybridized carbons (Fsp3) is 0.174. The number of anilines is 1. The van der Waals surface area contributed by atoms with E-state index in [0.717, 1.165) is 16.9 Å². The predicted octanol–water partition coefficient (Wildman–Crippen LogP) is 5.10. The molecule has 0 spiro atoms. The van der Waals surface area contributed by atoms with Crippen LogP contribution in [0.4, 0.5) is 5.00 Å². The molecular weight excluding hydrogens is 487 g/mol. The first kappa shape index (κ1) is 24.6. The molecule has 0 radical (unpaired) electrons. The zero-order valence-electron chi connectivity index (χ0n) is 17.7. The van der Waals surface area contributed by atoms with Gasteiger partial charge in [-0.05, 0) is 36.2 Å². The Labute approximate surface area is 204 Å². The molecule has 7 nitrogen and oxygen atoms in total. The third-order valence-electron chi connectivity index (χ3n) is 4.54. The molecule has 1 aromatic heterocycles. The highest BCUT2D eigenvalue weighted by Gasteiger charge is 2.26. The quantitative estimate of drug-likeness (QED) is 0.414. The summed E-state index contributed by atoms with van der Waals surface area (Å²) >= 11 is 12.9. The number of benzene rings is 2. The van der Waals surface area contributed by atoms with Crippen LogP contribution in [0.25, 0.3) is 0 Å². The smallest absolute Gasteiger partial charge is 0.341 e. The summed E-state index contributed by atoms with van der Waals surface area (Å²) in [6, 6.07) is 14.0. The van der Waals surface area contributed by atoms with Crippen LogP contribution in [0, 0.1) is 6.92 Å². The number of halogens is 2. The first-order valence-corrected chi connectivity index (χ1v) is 11.3. The topological polar surface area (TPSA) is 93.7 Å². The maximum atomic E-state index is 12.8. The minimum absolute atomic E-state index is 0.116. The normalized spacial score (nSPS) is 10.4. The summed E-state index contributed by atoms with van der Waals surface area (Å²) in [7, 11) is 1.23. The highest BCUT2D eigenvalue weighted by molar-refractivity contribution is 7.18. The lowest BCUT2D eigenvalue weighted by Crippen LogP contribution is -2.22. The summed E-state index contributed by atoms with van der Waals surface area (Å²) in [6.07, 6.45) is 0. The van der Waals surface area contributed by atoms with Gasteiger partial charge in [-0.25, -0.2) is 4.79 Å². The summed E-state index contributed by atoms with van der Waals surface area (Å²) in [4.78, 5) is 37.9. The van der Waals surface area contributed by atoms with Crippen LogP contribution in [-0.4, -0.2) is 31.5 Å². The van der Waals surface area contributed by atoms with Gasteiger partial charge in [0, 0.05) is 11.6 Å². The van der Waals surface area contributed by atoms with Gasteiger partial charge in [-0.3, -0.25) is 9.59 Å². The Hall–Kier alpha value is -3.07. The van der Waals surface area contributed by atoms with Crippen LogP contribution in [0.3, 0.4) is 0 Å². The molecule has 0 unspecified atom stereocenters. The number of nitrogens with one attached hydrogen (secondary N) is 2. The Bertz CT molecular complexity index is 1180. The van der Waals surface area contributed by atoms with E-state index in [1.54, 1.807) is 19.1 Å². The lowest BCUT2D eigenvalue weighted by atomic mass is 10.1. The minimum atomic E-state index is -0.664. The Morgan fingerprint density at radius 2 is 1.79 bits per heavy atom. The van der Waals surface area contributed by atoms with E-state index in [4.69, 9.17) is 32.7 Å². The van der Waals surface area contributed by atoms with E-state index >= 15 is 0 Å². The van der Waals surface area contributed by atoms with Crippen LogP contribution in [-0.2, 0) is 16.1 Å². The van der Waals surface area contributed by atoms with Crippen molar-refractivity contribution in [2.75, 3.05) is 19.0 Å². The zero-order chi connectivity index (χ0) is 24.0. The largest absolute Gasteiger partial charge is 0.482 e. The molecule has 172 valence electrons. The van der Waals surface area contributed by atoms with Crippen molar-refractivity contribution in [3.05, 3.63) is 80.1 Å². The lowest BCUT2D eigenvalue weighted by Gasteiger charge is -2.09. The van der Waals surface area contributed by atoms with Gasteiger partial charge in [0.15, 0.2) is 6.61 Å². The first-order valence-electron chi connectivity index (χ1n) is 9.71. The van der Waals surface area contributed by atoms with Crippen molar-refractivity contribution >= 4 is 57.3 Å². The molecule has 0 saturated carbocycles. The van der Waals surface area contributed by atoms with Crippen molar-refractivity contribution in [3.63, 3.8) is 0 Å². The summed E-state index contributed by atoms with van der Waals surface area (Å²) in [6.45, 7) is 1.58. The van der Waals surface area contributed by atoms with Crippen molar-refractivity contribution in [3.8, 4) is 5.75 Å². The van der Waals surface area contributed by atoms with Crippen LogP contribution in [0.1, 0.15) is 31.2 Å². The summed E-state index contributed by atoms with van der Waals surface area (Å²) < 4.78 is 10.3. The molecule has 3 aromatic rings. The molecule has 0 aliphatic carbocycles. The van der Waals surface area contributed by atoms with Crippen molar-refractivity contribution in [2.45, 2.75) is 13.5 Å². The highest BCUT2D eigenvalue weighted by atomic mass is 35.5. The van der Waals surface area contributed by atoms with Gasteiger partial charge in [-0.15, -0.1) is 11.3 Å². The molecule has 1 heterocycles. The number of rotatable bonds is 8. The van der Waals surface area contributed by atoms with Crippen LogP contribution >= 0.6 is 34.5 Å². The van der Waals surface area contributed by atoms with Crippen molar-refractivity contribution < 1.29 is 23.9 Å². The molecule has 2 aromatic carbocycles. The second-order valence-electron chi connectivity index (χ2n) is 6.83. The maximum Gasteiger partial charge on any atom is 0.341 e. The molecule has 2 N–H and O–H groups in total. The molecule has 0 fully saturated rings. The fourth-order valence-corrected chi connectivity index (χ4v) is 4.51. The average Bonchev–Trinajstić information content (AvgIpc) is 3.12. The zero-order valence-corrected chi connectivity index (χ0v) is 20.1. The van der Waals surface area contributed by atoms with Crippen LogP contribution < -0.4 is 15.4 Å². The molecule has 10 heteroatoms. The number of hydrogen-bond acceptors (Lipinski definition) is 6. The molecule has 3 rings (SSSR count). The highest BCUT2D eigenvalue weighted by Crippen LogP contribution is 2.34. The number of carbonyl (C=O) groups excluding carboxylic acids is 3.